The van der Waals surface area contributed by atoms with Crippen molar-refractivity contribution in [1.82, 2.24) is 0 Å². The number of aliphatic hydroxyl groups excluding tert-OH is 1. The Balaban J connectivity index is 2.74. The quantitative estimate of drug-likeness (QED) is 0.365. The van der Waals surface area contributed by atoms with E-state index in [0.29, 0.717) is 5.84 Å². The maximum atomic E-state index is 8.82. The summed E-state index contributed by atoms with van der Waals surface area (Å²) in [6.07, 6.45) is -0.525. The van der Waals surface area contributed by atoms with Gasteiger partial charge in [-0.15, -0.1) is 0 Å². The van der Waals surface area contributed by atoms with E-state index in [4.69, 9.17) is 16.6 Å². The van der Waals surface area contributed by atoms with Crippen LogP contribution >= 0.6 is 0 Å². The van der Waals surface area contributed by atoms with E-state index in [1.165, 1.54) is 0 Å². The van der Waals surface area contributed by atoms with Gasteiger partial charge in [-0.2, -0.15) is 0 Å². The zero-order valence-corrected chi connectivity index (χ0v) is 4.78. The second-order valence-corrected chi connectivity index (χ2v) is 1.78. The van der Waals surface area contributed by atoms with Crippen LogP contribution in [0, 0.1) is 0 Å². The largest absolute Gasteiger partial charge is 0.387 e. The Morgan fingerprint density at radius 1 is 1.56 bits per heavy atom. The lowest BCUT2D eigenvalue weighted by Gasteiger charge is -2.09. The van der Waals surface area contributed by atoms with Gasteiger partial charge in [0.1, 0.15) is 5.84 Å². The summed E-state index contributed by atoms with van der Waals surface area (Å²) >= 11 is 0. The number of rotatable bonds is 0. The Kier molecular flexibility index (Phi) is 1.35. The van der Waals surface area contributed by atoms with E-state index in [-0.39, 0.29) is 12.4 Å². The minimum Gasteiger partial charge on any atom is -0.387 e. The van der Waals surface area contributed by atoms with E-state index >= 15 is 0 Å². The van der Waals surface area contributed by atoms with Crippen molar-refractivity contribution in [2.45, 2.75) is 12.6 Å². The van der Waals surface area contributed by atoms with Crippen molar-refractivity contribution in [2.24, 2.45) is 21.5 Å². The molecule has 0 radical (unpaired) electrons. The summed E-state index contributed by atoms with van der Waals surface area (Å²) in [6.45, 7) is 0. The first kappa shape index (κ1) is 6.03. The lowest BCUT2D eigenvalue weighted by atomic mass is 10.3. The van der Waals surface area contributed by atoms with Crippen molar-refractivity contribution in [2.75, 3.05) is 0 Å². The molecule has 1 atom stereocenters. The molecule has 5 nitrogen and oxygen atoms in total. The van der Waals surface area contributed by atoms with E-state index < -0.39 is 6.23 Å². The molecule has 0 aromatic heterocycles. The first-order chi connectivity index (χ1) is 4.18. The molecule has 1 heterocycles. The smallest absolute Gasteiger partial charge is 0.219 e. The first-order valence-electron chi connectivity index (χ1n) is 2.53. The molecule has 5 N–H and O–H groups in total. The van der Waals surface area contributed by atoms with Crippen molar-refractivity contribution in [3.63, 3.8) is 0 Å². The fraction of sp³-hybridized carbons (Fsp3) is 0.500. The molecule has 1 unspecified atom stereocenters. The molecule has 0 aromatic carbocycles. The highest BCUT2D eigenvalue weighted by molar-refractivity contribution is 5.96. The van der Waals surface area contributed by atoms with Crippen LogP contribution in [0.3, 0.4) is 0 Å². The fourth-order valence-corrected chi connectivity index (χ4v) is 0.607. The number of hydrogen-bond donors (Lipinski definition) is 3. The van der Waals surface area contributed by atoms with Crippen LogP contribution in [0.25, 0.3) is 0 Å². The van der Waals surface area contributed by atoms with Gasteiger partial charge in [-0.1, -0.05) is 0 Å². The number of nitrogens with zero attached hydrogens (tertiary/aromatic N) is 2. The van der Waals surface area contributed by atoms with Crippen molar-refractivity contribution in [3.05, 3.63) is 0 Å². The standard InChI is InChI=1S/C4H8N4O/c5-2-1-3(9)8-4(6)7-2/h3,9H,1H2,(H4,5,6,7,8). The predicted octanol–water partition coefficient (Wildman–Crippen LogP) is -1.62. The van der Waals surface area contributed by atoms with Gasteiger partial charge in [0.15, 0.2) is 6.23 Å². The second kappa shape index (κ2) is 2.02. The van der Waals surface area contributed by atoms with E-state index in [0.717, 1.165) is 0 Å². The predicted molar refractivity (Wildman–Crippen MR) is 33.9 cm³/mol. The van der Waals surface area contributed by atoms with Crippen LogP contribution < -0.4 is 11.5 Å². The normalized spacial score (nSPS) is 27.0. The number of amidine groups is 1. The Morgan fingerprint density at radius 2 is 2.22 bits per heavy atom. The van der Waals surface area contributed by atoms with Crippen LogP contribution in [0.1, 0.15) is 6.42 Å². The molecular formula is C4H8N4O. The third-order valence-electron chi connectivity index (χ3n) is 0.931. The first-order valence-corrected chi connectivity index (χ1v) is 2.53. The highest BCUT2D eigenvalue weighted by Gasteiger charge is 2.09. The molecule has 0 aliphatic carbocycles. The number of aliphatic imine (C=N–C) groups is 2. The average molecular weight is 128 g/mol. The molecule has 0 aromatic rings. The van der Waals surface area contributed by atoms with Gasteiger partial charge in [-0.05, 0) is 0 Å². The van der Waals surface area contributed by atoms with Crippen LogP contribution in [0.15, 0.2) is 9.98 Å². The van der Waals surface area contributed by atoms with Crippen LogP contribution in [0.2, 0.25) is 0 Å². The van der Waals surface area contributed by atoms with Gasteiger partial charge in [-0.3, -0.25) is 0 Å². The Bertz CT molecular complexity index is 173. The van der Waals surface area contributed by atoms with Crippen LogP contribution in [0.4, 0.5) is 0 Å². The number of guanidine groups is 1. The number of nitrogens with two attached hydrogens (primary N) is 2. The molecule has 1 rings (SSSR count). The zero-order chi connectivity index (χ0) is 6.85. The summed E-state index contributed by atoms with van der Waals surface area (Å²) in [5, 5.41) is 8.82. The topological polar surface area (TPSA) is 97.0 Å². The third kappa shape index (κ3) is 1.39. The molecular weight excluding hydrogens is 120 g/mol. The molecule has 5 heteroatoms. The molecule has 1 aliphatic rings. The molecule has 0 bridgehead atoms. The molecule has 0 fully saturated rings. The SMILES string of the molecule is NC1=NC(N)=NC(O)C1. The average Bonchev–Trinajstić information content (AvgIpc) is 1.59. The van der Waals surface area contributed by atoms with Crippen LogP contribution in [0.5, 0.6) is 0 Å². The van der Waals surface area contributed by atoms with E-state index in [9.17, 15) is 0 Å². The molecule has 0 spiro atoms. The van der Waals surface area contributed by atoms with Gasteiger partial charge in [-0.25, -0.2) is 9.98 Å². The molecule has 0 saturated heterocycles. The summed E-state index contributed by atoms with van der Waals surface area (Å²) in [6, 6.07) is 0. The highest BCUT2D eigenvalue weighted by atomic mass is 16.3. The van der Waals surface area contributed by atoms with Gasteiger partial charge in [0.05, 0.1) is 6.42 Å². The maximum Gasteiger partial charge on any atom is 0.219 e. The van der Waals surface area contributed by atoms with Crippen molar-refractivity contribution >= 4 is 11.8 Å². The van der Waals surface area contributed by atoms with Gasteiger partial charge in [0.2, 0.25) is 5.96 Å². The van der Waals surface area contributed by atoms with Crippen molar-refractivity contribution in [3.8, 4) is 0 Å². The lowest BCUT2D eigenvalue weighted by molar-refractivity contribution is 0.191. The Hall–Kier alpha value is -1.10. The monoisotopic (exact) mass is 128 g/mol. The zero-order valence-electron chi connectivity index (χ0n) is 4.78. The molecule has 0 amide bonds. The summed E-state index contributed by atoms with van der Waals surface area (Å²) in [4.78, 5) is 7.11. The second-order valence-electron chi connectivity index (χ2n) is 1.78. The summed E-state index contributed by atoms with van der Waals surface area (Å²) in [5.74, 6) is 0.376. The van der Waals surface area contributed by atoms with E-state index in [1.807, 2.05) is 0 Å². The minimum atomic E-state index is -0.803. The fourth-order valence-electron chi connectivity index (χ4n) is 0.607. The van der Waals surface area contributed by atoms with E-state index in [1.54, 1.807) is 0 Å². The summed E-state index contributed by atoms with van der Waals surface area (Å²) < 4.78 is 0. The van der Waals surface area contributed by atoms with Crippen molar-refractivity contribution in [1.29, 1.82) is 0 Å². The summed E-state index contributed by atoms with van der Waals surface area (Å²) in [7, 11) is 0. The minimum absolute atomic E-state index is 0.0475. The van der Waals surface area contributed by atoms with Crippen LogP contribution in [-0.4, -0.2) is 23.1 Å². The number of aliphatic hydroxyl groups is 1. The number of hydrogen-bond acceptors (Lipinski definition) is 5. The molecule has 9 heavy (non-hydrogen) atoms. The Morgan fingerprint density at radius 3 is 2.67 bits per heavy atom. The Labute approximate surface area is 52.1 Å². The molecule has 50 valence electrons. The van der Waals surface area contributed by atoms with Gasteiger partial charge in [0, 0.05) is 0 Å². The summed E-state index contributed by atoms with van der Waals surface area (Å²) in [5.41, 5.74) is 10.4. The highest BCUT2D eigenvalue weighted by Crippen LogP contribution is 1.98. The van der Waals surface area contributed by atoms with E-state index in [2.05, 4.69) is 9.98 Å². The van der Waals surface area contributed by atoms with Gasteiger partial charge >= 0.3 is 0 Å². The lowest BCUT2D eigenvalue weighted by Crippen LogP contribution is -2.29. The third-order valence-corrected chi connectivity index (χ3v) is 0.931. The van der Waals surface area contributed by atoms with Gasteiger partial charge < -0.3 is 16.6 Å². The van der Waals surface area contributed by atoms with Crippen molar-refractivity contribution < 1.29 is 5.11 Å². The maximum absolute atomic E-state index is 8.82. The molecule has 1 aliphatic heterocycles. The van der Waals surface area contributed by atoms with Crippen LogP contribution in [-0.2, 0) is 0 Å². The molecule has 0 saturated carbocycles. The van der Waals surface area contributed by atoms with Gasteiger partial charge in [0.25, 0.3) is 0 Å².